The lowest BCUT2D eigenvalue weighted by molar-refractivity contribution is -0.839. The fourth-order valence-corrected chi connectivity index (χ4v) is 1.15. The summed E-state index contributed by atoms with van der Waals surface area (Å²) in [5, 5.41) is 8.59. The van der Waals surface area contributed by atoms with Gasteiger partial charge in [0.2, 0.25) is 0 Å². The van der Waals surface area contributed by atoms with Crippen LogP contribution in [0.5, 0.6) is 0 Å². The van der Waals surface area contributed by atoms with Crippen LogP contribution in [0.4, 0.5) is 0 Å². The van der Waals surface area contributed by atoms with Gasteiger partial charge in [0.05, 0.1) is 5.56 Å². The van der Waals surface area contributed by atoms with Gasteiger partial charge in [0.1, 0.15) is 0 Å². The Morgan fingerprint density at radius 2 is 2.07 bits per heavy atom. The Balaban J connectivity index is 2.78. The zero-order valence-electron chi connectivity index (χ0n) is 8.22. The summed E-state index contributed by atoms with van der Waals surface area (Å²) < 4.78 is 0. The number of benzene rings is 1. The minimum atomic E-state index is -1.19. The van der Waals surface area contributed by atoms with Crippen molar-refractivity contribution in [2.24, 2.45) is 0 Å². The third-order valence-electron chi connectivity index (χ3n) is 1.78. The molecule has 0 bridgehead atoms. The van der Waals surface area contributed by atoms with Gasteiger partial charge < -0.3 is 0 Å². The first-order valence-electron chi connectivity index (χ1n) is 4.11. The van der Waals surface area contributed by atoms with Crippen molar-refractivity contribution in [3.63, 3.8) is 0 Å². The summed E-state index contributed by atoms with van der Waals surface area (Å²) in [6.07, 6.45) is 0. The molecule has 0 fully saturated rings. The largest absolute Gasteiger partial charge is 0.374 e. The molecule has 1 aromatic carbocycles. The van der Waals surface area contributed by atoms with Gasteiger partial charge in [0.15, 0.2) is 0 Å². The number of hydrogen-bond acceptors (Lipinski definition) is 5. The van der Waals surface area contributed by atoms with Crippen LogP contribution in [0.15, 0.2) is 18.2 Å². The van der Waals surface area contributed by atoms with Gasteiger partial charge in [-0.25, -0.2) is 4.79 Å². The number of aryl methyl sites for hydroxylation is 2. The Morgan fingerprint density at radius 1 is 1.40 bits per heavy atom. The highest BCUT2D eigenvalue weighted by Gasteiger charge is 2.12. The summed E-state index contributed by atoms with van der Waals surface area (Å²) >= 11 is 0. The molecule has 0 aliphatic carbocycles. The number of rotatable bonds is 3. The molecule has 0 saturated heterocycles. The first kappa shape index (κ1) is 11.0. The Kier molecular flexibility index (Phi) is 3.22. The van der Waals surface area contributed by atoms with E-state index in [1.165, 1.54) is 6.07 Å². The minimum absolute atomic E-state index is 0.238. The minimum Gasteiger partial charge on any atom is -0.255 e. The standard InChI is InChI=1S/C9H9NO5/c1-6-3-4-8(7(2)5-6)9(11)14-15-10(12)13/h3-5H,1-2H3. The maximum absolute atomic E-state index is 11.2. The summed E-state index contributed by atoms with van der Waals surface area (Å²) in [5.74, 6) is -0.885. The van der Waals surface area contributed by atoms with E-state index in [-0.39, 0.29) is 5.56 Å². The molecule has 0 N–H and O–H groups in total. The van der Waals surface area contributed by atoms with Crippen molar-refractivity contribution in [2.75, 3.05) is 0 Å². The maximum Gasteiger partial charge on any atom is 0.374 e. The van der Waals surface area contributed by atoms with Crippen LogP contribution in [-0.4, -0.2) is 11.1 Å². The van der Waals surface area contributed by atoms with Crippen LogP contribution < -0.4 is 0 Å². The van der Waals surface area contributed by atoms with Gasteiger partial charge in [-0.1, -0.05) is 22.7 Å². The fourth-order valence-electron chi connectivity index (χ4n) is 1.15. The Labute approximate surface area is 85.5 Å². The molecule has 0 spiro atoms. The van der Waals surface area contributed by atoms with Crippen molar-refractivity contribution in [3.05, 3.63) is 45.0 Å². The third-order valence-corrected chi connectivity index (χ3v) is 1.78. The molecule has 0 aliphatic heterocycles. The molecule has 1 rings (SSSR count). The van der Waals surface area contributed by atoms with E-state index in [2.05, 4.69) is 9.88 Å². The summed E-state index contributed by atoms with van der Waals surface area (Å²) in [7, 11) is 0. The highest BCUT2D eigenvalue weighted by Crippen LogP contribution is 2.11. The van der Waals surface area contributed by atoms with Crippen LogP contribution in [0.3, 0.4) is 0 Å². The van der Waals surface area contributed by atoms with Gasteiger partial charge in [-0.2, -0.15) is 0 Å². The predicted octanol–water partition coefficient (Wildman–Crippen LogP) is 1.58. The molecule has 0 unspecified atom stereocenters. The Bertz CT molecular complexity index is 401. The van der Waals surface area contributed by atoms with Crippen LogP contribution in [-0.2, 0) is 9.88 Å². The fraction of sp³-hybridized carbons (Fsp3) is 0.222. The van der Waals surface area contributed by atoms with Crippen LogP contribution in [0.25, 0.3) is 0 Å². The van der Waals surface area contributed by atoms with Crippen molar-refractivity contribution in [1.29, 1.82) is 0 Å². The van der Waals surface area contributed by atoms with Crippen molar-refractivity contribution >= 4 is 5.97 Å². The lowest BCUT2D eigenvalue weighted by atomic mass is 10.1. The number of hydrogen-bond donors (Lipinski definition) is 0. The highest BCUT2D eigenvalue weighted by atomic mass is 17.3. The first-order chi connectivity index (χ1) is 7.00. The SMILES string of the molecule is Cc1ccc(C(=O)OO[N+](=O)[O-])c(C)c1. The average molecular weight is 211 g/mol. The van der Waals surface area contributed by atoms with Crippen LogP contribution in [0, 0.1) is 24.0 Å². The zero-order chi connectivity index (χ0) is 11.4. The highest BCUT2D eigenvalue weighted by molar-refractivity contribution is 5.90. The number of carbonyl (C=O) groups excluding carboxylic acids is 1. The van der Waals surface area contributed by atoms with E-state index in [1.807, 2.05) is 6.92 Å². The molecule has 0 aromatic heterocycles. The second-order valence-corrected chi connectivity index (χ2v) is 2.99. The van der Waals surface area contributed by atoms with E-state index in [9.17, 15) is 14.9 Å². The van der Waals surface area contributed by atoms with E-state index in [0.717, 1.165) is 5.56 Å². The molecule has 80 valence electrons. The molecule has 0 amide bonds. The normalized spacial score (nSPS) is 9.47. The molecular formula is C9H9NO5. The van der Waals surface area contributed by atoms with E-state index in [0.29, 0.717) is 5.56 Å². The van der Waals surface area contributed by atoms with Gasteiger partial charge >= 0.3 is 11.1 Å². The molecule has 0 heterocycles. The lowest BCUT2D eigenvalue weighted by Crippen LogP contribution is -2.11. The lowest BCUT2D eigenvalue weighted by Gasteiger charge is -2.03. The van der Waals surface area contributed by atoms with Crippen molar-refractivity contribution in [3.8, 4) is 0 Å². The summed E-state index contributed by atoms with van der Waals surface area (Å²) in [5.41, 5.74) is 1.90. The smallest absolute Gasteiger partial charge is 0.255 e. The van der Waals surface area contributed by atoms with Gasteiger partial charge in [-0.15, -0.1) is 10.1 Å². The van der Waals surface area contributed by atoms with E-state index in [1.54, 1.807) is 19.1 Å². The van der Waals surface area contributed by atoms with Crippen molar-refractivity contribution in [1.82, 2.24) is 0 Å². The quantitative estimate of drug-likeness (QED) is 0.431. The zero-order valence-corrected chi connectivity index (χ0v) is 8.22. The number of carbonyl (C=O) groups is 1. The molecule has 0 radical (unpaired) electrons. The topological polar surface area (TPSA) is 78.7 Å². The second kappa shape index (κ2) is 4.41. The molecule has 0 atom stereocenters. The first-order valence-corrected chi connectivity index (χ1v) is 4.11. The molecule has 6 nitrogen and oxygen atoms in total. The summed E-state index contributed by atoms with van der Waals surface area (Å²) in [6.45, 7) is 3.57. The van der Waals surface area contributed by atoms with Crippen LogP contribution in [0.1, 0.15) is 21.5 Å². The number of nitrogens with zero attached hydrogens (tertiary/aromatic N) is 1. The third kappa shape index (κ3) is 2.94. The van der Waals surface area contributed by atoms with E-state index in [4.69, 9.17) is 0 Å². The van der Waals surface area contributed by atoms with Crippen molar-refractivity contribution in [2.45, 2.75) is 13.8 Å². The van der Waals surface area contributed by atoms with Gasteiger partial charge in [0, 0.05) is 0 Å². The molecule has 6 heteroatoms. The van der Waals surface area contributed by atoms with Gasteiger partial charge in [0.25, 0.3) is 0 Å². The molecule has 1 aromatic rings. The van der Waals surface area contributed by atoms with Gasteiger partial charge in [-0.05, 0) is 25.5 Å². The van der Waals surface area contributed by atoms with Gasteiger partial charge in [-0.3, -0.25) is 4.89 Å². The second-order valence-electron chi connectivity index (χ2n) is 2.99. The van der Waals surface area contributed by atoms with Crippen molar-refractivity contribution < 1.29 is 19.8 Å². The Morgan fingerprint density at radius 3 is 2.60 bits per heavy atom. The monoisotopic (exact) mass is 211 g/mol. The van der Waals surface area contributed by atoms with Crippen LogP contribution >= 0.6 is 0 Å². The predicted molar refractivity (Wildman–Crippen MR) is 49.4 cm³/mol. The summed E-state index contributed by atoms with van der Waals surface area (Å²) in [4.78, 5) is 28.5. The van der Waals surface area contributed by atoms with E-state index >= 15 is 0 Å². The van der Waals surface area contributed by atoms with Crippen LogP contribution in [0.2, 0.25) is 0 Å². The average Bonchev–Trinajstić information content (AvgIpc) is 2.14. The Hall–Kier alpha value is -2.11. The maximum atomic E-state index is 11.2. The summed E-state index contributed by atoms with van der Waals surface area (Å²) in [6, 6.07) is 4.99. The molecule has 15 heavy (non-hydrogen) atoms. The molecule has 0 saturated carbocycles. The molecular weight excluding hydrogens is 202 g/mol. The van der Waals surface area contributed by atoms with E-state index < -0.39 is 11.1 Å². The molecule has 0 aliphatic rings.